The molecule has 1 N–H and O–H groups in total. The van der Waals surface area contributed by atoms with Crippen molar-refractivity contribution in [3.63, 3.8) is 0 Å². The maximum Gasteiger partial charge on any atom is 0.123 e. The first-order valence-corrected chi connectivity index (χ1v) is 8.54. The van der Waals surface area contributed by atoms with E-state index in [1.807, 2.05) is 6.07 Å². The Morgan fingerprint density at radius 2 is 2.33 bits per heavy atom. The molecule has 0 saturated carbocycles. The number of nitrogens with zero attached hydrogens (tertiary/aromatic N) is 2. The van der Waals surface area contributed by atoms with E-state index in [1.165, 1.54) is 11.3 Å². The van der Waals surface area contributed by atoms with Gasteiger partial charge in [-0.3, -0.25) is 4.90 Å². The zero-order chi connectivity index (χ0) is 13.9. The van der Waals surface area contributed by atoms with Crippen LogP contribution in [0.25, 0.3) is 10.6 Å². The molecule has 1 atom stereocenters. The summed E-state index contributed by atoms with van der Waals surface area (Å²) in [6, 6.07) is 8.90. The van der Waals surface area contributed by atoms with Crippen molar-refractivity contribution in [3.8, 4) is 10.6 Å². The van der Waals surface area contributed by atoms with E-state index >= 15 is 0 Å². The molecule has 3 nitrogen and oxygen atoms in total. The summed E-state index contributed by atoms with van der Waals surface area (Å²) in [6.45, 7) is 6.47. The van der Waals surface area contributed by atoms with Gasteiger partial charge in [0.25, 0.3) is 0 Å². The number of piperazine rings is 1. The summed E-state index contributed by atoms with van der Waals surface area (Å²) in [5.41, 5.74) is 2.36. The largest absolute Gasteiger partial charge is 0.312 e. The molecule has 0 spiro atoms. The van der Waals surface area contributed by atoms with Gasteiger partial charge in [-0.2, -0.15) is 0 Å². The third-order valence-electron chi connectivity index (χ3n) is 3.46. The number of halogens is 2. The highest BCUT2D eigenvalue weighted by Gasteiger charge is 2.16. The van der Waals surface area contributed by atoms with Crippen LogP contribution in [0.5, 0.6) is 0 Å². The lowest BCUT2D eigenvalue weighted by Gasteiger charge is -2.31. The SMILES string of the molecule is C[C@H]1CN(Cc2csc(-c3cccc(Br)c3)n2)CCN1.Cl. The molecule has 6 heteroatoms. The maximum atomic E-state index is 4.78. The Morgan fingerprint density at radius 1 is 1.48 bits per heavy atom. The highest BCUT2D eigenvalue weighted by Crippen LogP contribution is 2.26. The Labute approximate surface area is 144 Å². The van der Waals surface area contributed by atoms with Crippen LogP contribution in [0, 0.1) is 0 Å². The maximum absolute atomic E-state index is 4.78. The normalized spacial score (nSPS) is 19.2. The van der Waals surface area contributed by atoms with Crippen LogP contribution >= 0.6 is 39.7 Å². The summed E-state index contributed by atoms with van der Waals surface area (Å²) in [6.07, 6.45) is 0. The van der Waals surface area contributed by atoms with Crippen LogP contribution in [0.2, 0.25) is 0 Å². The highest BCUT2D eigenvalue weighted by atomic mass is 79.9. The summed E-state index contributed by atoms with van der Waals surface area (Å²) in [5.74, 6) is 0. The number of hydrogen-bond donors (Lipinski definition) is 1. The average Bonchev–Trinajstić information content (AvgIpc) is 2.87. The van der Waals surface area contributed by atoms with Crippen LogP contribution in [0.4, 0.5) is 0 Å². The first-order valence-electron chi connectivity index (χ1n) is 6.87. The van der Waals surface area contributed by atoms with E-state index in [0.29, 0.717) is 6.04 Å². The molecule has 114 valence electrons. The number of aromatic nitrogens is 1. The van der Waals surface area contributed by atoms with Crippen LogP contribution < -0.4 is 5.32 Å². The molecule has 1 fully saturated rings. The topological polar surface area (TPSA) is 28.2 Å². The number of benzene rings is 1. The van der Waals surface area contributed by atoms with Gasteiger partial charge in [-0.05, 0) is 19.1 Å². The average molecular weight is 389 g/mol. The van der Waals surface area contributed by atoms with Gasteiger partial charge in [0.2, 0.25) is 0 Å². The molecule has 0 unspecified atom stereocenters. The molecular weight excluding hydrogens is 370 g/mol. The van der Waals surface area contributed by atoms with Gasteiger partial charge in [-0.1, -0.05) is 28.1 Å². The smallest absolute Gasteiger partial charge is 0.123 e. The number of hydrogen-bond acceptors (Lipinski definition) is 4. The van der Waals surface area contributed by atoms with Gasteiger partial charge >= 0.3 is 0 Å². The number of nitrogens with one attached hydrogen (secondary N) is 1. The van der Waals surface area contributed by atoms with Gasteiger partial charge in [0.05, 0.1) is 5.69 Å². The Hall–Kier alpha value is -0.460. The molecule has 2 aromatic rings. The first-order chi connectivity index (χ1) is 9.70. The van der Waals surface area contributed by atoms with E-state index in [9.17, 15) is 0 Å². The van der Waals surface area contributed by atoms with Gasteiger partial charge in [-0.25, -0.2) is 4.98 Å². The molecule has 0 amide bonds. The van der Waals surface area contributed by atoms with Crippen molar-refractivity contribution in [3.05, 3.63) is 39.8 Å². The van der Waals surface area contributed by atoms with Gasteiger partial charge in [0, 0.05) is 47.6 Å². The molecule has 1 aromatic carbocycles. The first kappa shape index (κ1) is 16.9. The van der Waals surface area contributed by atoms with Gasteiger partial charge < -0.3 is 5.32 Å². The summed E-state index contributed by atoms with van der Waals surface area (Å²) < 4.78 is 1.10. The third kappa shape index (κ3) is 4.50. The fourth-order valence-electron chi connectivity index (χ4n) is 2.52. The molecule has 1 aliphatic rings. The van der Waals surface area contributed by atoms with Gasteiger partial charge in [-0.15, -0.1) is 23.7 Å². The lowest BCUT2D eigenvalue weighted by atomic mass is 10.2. The predicted molar refractivity (Wildman–Crippen MR) is 95.2 cm³/mol. The minimum absolute atomic E-state index is 0. The molecule has 3 rings (SSSR count). The minimum Gasteiger partial charge on any atom is -0.312 e. The second kappa shape index (κ2) is 7.70. The number of thiazole rings is 1. The second-order valence-electron chi connectivity index (χ2n) is 5.24. The van der Waals surface area contributed by atoms with E-state index in [-0.39, 0.29) is 12.4 Å². The van der Waals surface area contributed by atoms with Crippen LogP contribution in [0.3, 0.4) is 0 Å². The molecular formula is C15H19BrClN3S. The van der Waals surface area contributed by atoms with Crippen LogP contribution in [-0.4, -0.2) is 35.6 Å². The summed E-state index contributed by atoms with van der Waals surface area (Å²) in [7, 11) is 0. The highest BCUT2D eigenvalue weighted by molar-refractivity contribution is 9.10. The zero-order valence-corrected chi connectivity index (χ0v) is 15.1. The molecule has 0 radical (unpaired) electrons. The molecule has 0 aliphatic carbocycles. The van der Waals surface area contributed by atoms with E-state index in [1.54, 1.807) is 11.3 Å². The Balaban J connectivity index is 0.00000161. The van der Waals surface area contributed by atoms with Crippen molar-refractivity contribution < 1.29 is 0 Å². The van der Waals surface area contributed by atoms with Gasteiger partial charge in [0.15, 0.2) is 0 Å². The van der Waals surface area contributed by atoms with Crippen molar-refractivity contribution >= 4 is 39.7 Å². The Kier molecular flexibility index (Phi) is 6.20. The quantitative estimate of drug-likeness (QED) is 0.867. The van der Waals surface area contributed by atoms with E-state index in [4.69, 9.17) is 4.98 Å². The summed E-state index contributed by atoms with van der Waals surface area (Å²) in [4.78, 5) is 7.25. The third-order valence-corrected chi connectivity index (χ3v) is 4.90. The molecule has 1 aliphatic heterocycles. The second-order valence-corrected chi connectivity index (χ2v) is 7.02. The van der Waals surface area contributed by atoms with E-state index in [0.717, 1.165) is 35.7 Å². The predicted octanol–water partition coefficient (Wildman–Crippen LogP) is 3.79. The standard InChI is InChI=1S/C15H18BrN3S.ClH/c1-11-8-19(6-5-17-11)9-14-10-20-15(18-14)12-3-2-4-13(16)7-12;/h2-4,7,10-11,17H,5-6,8-9H2,1H3;1H/t11-;/m0./s1. The zero-order valence-electron chi connectivity index (χ0n) is 11.9. The summed E-state index contributed by atoms with van der Waals surface area (Å²) >= 11 is 5.24. The van der Waals surface area contributed by atoms with Crippen molar-refractivity contribution in [2.24, 2.45) is 0 Å². The van der Waals surface area contributed by atoms with Gasteiger partial charge in [0.1, 0.15) is 5.01 Å². The van der Waals surface area contributed by atoms with E-state index in [2.05, 4.69) is 56.6 Å². The summed E-state index contributed by atoms with van der Waals surface area (Å²) in [5, 5.41) is 6.76. The monoisotopic (exact) mass is 387 g/mol. The molecule has 2 heterocycles. The minimum atomic E-state index is 0. The van der Waals surface area contributed by atoms with Crippen molar-refractivity contribution in [2.75, 3.05) is 19.6 Å². The van der Waals surface area contributed by atoms with Crippen LogP contribution in [0.1, 0.15) is 12.6 Å². The molecule has 0 bridgehead atoms. The molecule has 21 heavy (non-hydrogen) atoms. The fourth-order valence-corrected chi connectivity index (χ4v) is 3.73. The van der Waals surface area contributed by atoms with E-state index < -0.39 is 0 Å². The van der Waals surface area contributed by atoms with Crippen molar-refractivity contribution in [1.82, 2.24) is 15.2 Å². The fraction of sp³-hybridized carbons (Fsp3) is 0.400. The molecule has 1 aromatic heterocycles. The lowest BCUT2D eigenvalue weighted by molar-refractivity contribution is 0.198. The molecule has 1 saturated heterocycles. The van der Waals surface area contributed by atoms with Crippen molar-refractivity contribution in [2.45, 2.75) is 19.5 Å². The lowest BCUT2D eigenvalue weighted by Crippen LogP contribution is -2.48. The number of rotatable bonds is 3. The Morgan fingerprint density at radius 3 is 3.10 bits per heavy atom. The van der Waals surface area contributed by atoms with Crippen molar-refractivity contribution in [1.29, 1.82) is 0 Å². The van der Waals surface area contributed by atoms with Crippen LogP contribution in [-0.2, 0) is 6.54 Å². The van der Waals surface area contributed by atoms with Crippen LogP contribution in [0.15, 0.2) is 34.1 Å². The Bertz CT molecular complexity index is 590.